The molecule has 1 rings (SSSR count). The molecule has 0 aromatic heterocycles. The van der Waals surface area contributed by atoms with Crippen molar-refractivity contribution in [2.24, 2.45) is 0 Å². The molecule has 1 N–H and O–H groups in total. The smallest absolute Gasteiger partial charge is 0.291 e. The van der Waals surface area contributed by atoms with E-state index in [9.17, 15) is 4.79 Å². The van der Waals surface area contributed by atoms with E-state index in [1.165, 1.54) is 0 Å². The van der Waals surface area contributed by atoms with Crippen molar-refractivity contribution in [1.29, 1.82) is 0 Å². The number of amides is 1. The summed E-state index contributed by atoms with van der Waals surface area (Å²) in [4.78, 5) is 10.4. The number of aryl methyl sites for hydroxylation is 1. The summed E-state index contributed by atoms with van der Waals surface area (Å²) in [6.07, 6.45) is 0. The standard InChI is InChI=1S/C8H7BrClNO/c1-5-4-6(10)2-3-7(5)11-8(9)12/h2-4H,1H3,(H,11,12). The maximum absolute atomic E-state index is 10.6. The Morgan fingerprint density at radius 2 is 2.25 bits per heavy atom. The van der Waals surface area contributed by atoms with Crippen LogP contribution in [0.1, 0.15) is 5.56 Å². The summed E-state index contributed by atoms with van der Waals surface area (Å²) in [6, 6.07) is 5.28. The first kappa shape index (κ1) is 9.55. The van der Waals surface area contributed by atoms with E-state index in [1.54, 1.807) is 18.2 Å². The number of hydrogen-bond acceptors (Lipinski definition) is 1. The Balaban J connectivity index is 2.93. The quantitative estimate of drug-likeness (QED) is 0.597. The highest BCUT2D eigenvalue weighted by atomic mass is 79.9. The van der Waals surface area contributed by atoms with Crippen LogP contribution in [-0.4, -0.2) is 4.82 Å². The summed E-state index contributed by atoms with van der Waals surface area (Å²) in [5.74, 6) is 0. The van der Waals surface area contributed by atoms with E-state index < -0.39 is 0 Å². The van der Waals surface area contributed by atoms with E-state index in [0.29, 0.717) is 5.02 Å². The third-order valence-corrected chi connectivity index (χ3v) is 1.85. The number of benzene rings is 1. The first-order valence-corrected chi connectivity index (χ1v) is 4.49. The Labute approximate surface area is 84.0 Å². The molecular formula is C8H7BrClNO. The lowest BCUT2D eigenvalue weighted by Crippen LogP contribution is -2.01. The Morgan fingerprint density at radius 3 is 2.75 bits per heavy atom. The number of hydrogen-bond donors (Lipinski definition) is 1. The third-order valence-electron chi connectivity index (χ3n) is 1.42. The largest absolute Gasteiger partial charge is 0.316 e. The maximum atomic E-state index is 10.6. The predicted octanol–water partition coefficient (Wildman–Crippen LogP) is 3.58. The first-order valence-electron chi connectivity index (χ1n) is 3.32. The van der Waals surface area contributed by atoms with Crippen molar-refractivity contribution in [2.75, 3.05) is 5.32 Å². The summed E-state index contributed by atoms with van der Waals surface area (Å²) < 4.78 is 0. The van der Waals surface area contributed by atoms with Crippen LogP contribution >= 0.6 is 27.5 Å². The average Bonchev–Trinajstić information content (AvgIpc) is 1.94. The molecule has 0 spiro atoms. The second-order valence-corrected chi connectivity index (χ2v) is 3.51. The second kappa shape index (κ2) is 3.92. The predicted molar refractivity (Wildman–Crippen MR) is 54.1 cm³/mol. The van der Waals surface area contributed by atoms with Gasteiger partial charge in [0.25, 0.3) is 4.82 Å². The van der Waals surface area contributed by atoms with E-state index >= 15 is 0 Å². The van der Waals surface area contributed by atoms with Gasteiger partial charge in [0.2, 0.25) is 0 Å². The van der Waals surface area contributed by atoms with E-state index in [-0.39, 0.29) is 4.82 Å². The molecule has 0 heterocycles. The number of nitrogens with one attached hydrogen (secondary N) is 1. The number of halogens is 2. The fourth-order valence-corrected chi connectivity index (χ4v) is 1.31. The lowest BCUT2D eigenvalue weighted by Gasteiger charge is -2.04. The van der Waals surface area contributed by atoms with Crippen LogP contribution in [0.25, 0.3) is 0 Å². The van der Waals surface area contributed by atoms with Gasteiger partial charge in [-0.2, -0.15) is 0 Å². The topological polar surface area (TPSA) is 29.1 Å². The zero-order chi connectivity index (χ0) is 9.14. The van der Waals surface area contributed by atoms with Crippen LogP contribution in [-0.2, 0) is 0 Å². The molecule has 1 amide bonds. The van der Waals surface area contributed by atoms with Gasteiger partial charge < -0.3 is 5.32 Å². The second-order valence-electron chi connectivity index (χ2n) is 2.36. The Hall–Kier alpha value is -0.540. The van der Waals surface area contributed by atoms with Crippen molar-refractivity contribution in [3.63, 3.8) is 0 Å². The van der Waals surface area contributed by atoms with Gasteiger partial charge in [0.1, 0.15) is 0 Å². The maximum Gasteiger partial charge on any atom is 0.291 e. The number of carbonyl (C=O) groups is 1. The van der Waals surface area contributed by atoms with Crippen molar-refractivity contribution in [1.82, 2.24) is 0 Å². The lowest BCUT2D eigenvalue weighted by molar-refractivity contribution is 0.270. The normalized spacial score (nSPS) is 9.58. The Morgan fingerprint density at radius 1 is 1.58 bits per heavy atom. The van der Waals surface area contributed by atoms with Crippen molar-refractivity contribution in [3.05, 3.63) is 28.8 Å². The van der Waals surface area contributed by atoms with Crippen molar-refractivity contribution in [2.45, 2.75) is 6.92 Å². The molecule has 0 saturated heterocycles. The van der Waals surface area contributed by atoms with E-state index in [2.05, 4.69) is 21.2 Å². The van der Waals surface area contributed by atoms with Crippen LogP contribution in [0.3, 0.4) is 0 Å². The number of rotatable bonds is 1. The third kappa shape index (κ3) is 2.50. The molecule has 0 fully saturated rings. The molecule has 0 aliphatic heterocycles. The van der Waals surface area contributed by atoms with Gasteiger partial charge >= 0.3 is 0 Å². The summed E-state index contributed by atoms with van der Waals surface area (Å²) in [5.41, 5.74) is 1.71. The minimum Gasteiger partial charge on any atom is -0.316 e. The molecule has 0 aliphatic carbocycles. The van der Waals surface area contributed by atoms with Gasteiger partial charge in [-0.05, 0) is 30.7 Å². The molecule has 12 heavy (non-hydrogen) atoms. The van der Waals surface area contributed by atoms with Gasteiger partial charge in [-0.1, -0.05) is 11.6 Å². The molecule has 1 aromatic carbocycles. The van der Waals surface area contributed by atoms with Crippen LogP contribution in [0.5, 0.6) is 0 Å². The van der Waals surface area contributed by atoms with E-state index in [4.69, 9.17) is 11.6 Å². The molecule has 2 nitrogen and oxygen atoms in total. The molecule has 0 unspecified atom stereocenters. The average molecular weight is 249 g/mol. The highest BCUT2D eigenvalue weighted by Gasteiger charge is 2.00. The highest BCUT2D eigenvalue weighted by molar-refractivity contribution is 9.18. The van der Waals surface area contributed by atoms with E-state index in [0.717, 1.165) is 11.3 Å². The molecule has 0 radical (unpaired) electrons. The first-order chi connectivity index (χ1) is 5.59. The fourth-order valence-electron chi connectivity index (χ4n) is 0.873. The molecule has 0 atom stereocenters. The monoisotopic (exact) mass is 247 g/mol. The lowest BCUT2D eigenvalue weighted by atomic mass is 10.2. The minimum atomic E-state index is -0.257. The minimum absolute atomic E-state index is 0.257. The van der Waals surface area contributed by atoms with Crippen molar-refractivity contribution >= 4 is 38.0 Å². The fraction of sp³-hybridized carbons (Fsp3) is 0.125. The molecule has 4 heteroatoms. The van der Waals surface area contributed by atoms with Gasteiger partial charge in [-0.25, -0.2) is 0 Å². The van der Waals surface area contributed by atoms with Crippen LogP contribution in [0.15, 0.2) is 18.2 Å². The van der Waals surface area contributed by atoms with E-state index in [1.807, 2.05) is 6.92 Å². The zero-order valence-corrected chi connectivity index (χ0v) is 8.74. The SMILES string of the molecule is Cc1cc(Cl)ccc1NC(=O)Br. The molecule has 0 saturated carbocycles. The number of carbonyl (C=O) groups excluding carboxylic acids is 1. The van der Waals surface area contributed by atoms with Crippen molar-refractivity contribution in [3.8, 4) is 0 Å². The van der Waals surface area contributed by atoms with Crippen LogP contribution in [0.4, 0.5) is 10.5 Å². The number of anilines is 1. The molecule has 64 valence electrons. The zero-order valence-electron chi connectivity index (χ0n) is 6.40. The molecular weight excluding hydrogens is 241 g/mol. The highest BCUT2D eigenvalue weighted by Crippen LogP contribution is 2.19. The molecule has 0 aliphatic rings. The Bertz CT molecular complexity index is 314. The summed E-state index contributed by atoms with van der Waals surface area (Å²) in [7, 11) is 0. The van der Waals surface area contributed by atoms with Crippen LogP contribution < -0.4 is 5.32 Å². The van der Waals surface area contributed by atoms with Gasteiger partial charge in [0.05, 0.1) is 0 Å². The Kier molecular flexibility index (Phi) is 3.12. The summed E-state index contributed by atoms with van der Waals surface area (Å²) in [5, 5.41) is 3.29. The van der Waals surface area contributed by atoms with Gasteiger partial charge in [-0.15, -0.1) is 0 Å². The van der Waals surface area contributed by atoms with Gasteiger partial charge in [-0.3, -0.25) is 4.79 Å². The van der Waals surface area contributed by atoms with Crippen LogP contribution in [0.2, 0.25) is 5.02 Å². The van der Waals surface area contributed by atoms with Gasteiger partial charge in [0.15, 0.2) is 0 Å². The molecule has 0 bridgehead atoms. The van der Waals surface area contributed by atoms with Gasteiger partial charge in [0, 0.05) is 26.6 Å². The summed E-state index contributed by atoms with van der Waals surface area (Å²) in [6.45, 7) is 1.88. The van der Waals surface area contributed by atoms with Crippen LogP contribution in [0, 0.1) is 6.92 Å². The van der Waals surface area contributed by atoms with Crippen molar-refractivity contribution < 1.29 is 4.79 Å². The molecule has 1 aromatic rings. The summed E-state index contributed by atoms with van der Waals surface area (Å²) >= 11 is 8.51.